The van der Waals surface area contributed by atoms with Gasteiger partial charge in [0.1, 0.15) is 11.6 Å². The average molecular weight is 374 g/mol. The number of benzene rings is 1. The Morgan fingerprint density at radius 3 is 2.95 bits per heavy atom. The first-order valence-corrected chi connectivity index (χ1v) is 8.57. The van der Waals surface area contributed by atoms with E-state index in [4.69, 9.17) is 16.3 Å². The van der Waals surface area contributed by atoms with Crippen molar-refractivity contribution in [3.63, 3.8) is 0 Å². The third kappa shape index (κ3) is 2.21. The molecule has 0 aliphatic carbocycles. The van der Waals surface area contributed by atoms with E-state index in [0.29, 0.717) is 34.4 Å². The smallest absolute Gasteiger partial charge is 0.139 e. The molecule has 3 unspecified atom stereocenters. The van der Waals surface area contributed by atoms with E-state index in [9.17, 15) is 4.39 Å². The van der Waals surface area contributed by atoms with Crippen LogP contribution in [0.4, 0.5) is 4.39 Å². The van der Waals surface area contributed by atoms with Gasteiger partial charge in [-0.05, 0) is 41.3 Å². The topological polar surface area (TPSA) is 27.1 Å². The van der Waals surface area contributed by atoms with E-state index in [1.54, 1.807) is 0 Å². The Bertz CT molecular complexity index is 705. The predicted octanol–water partition coefficient (Wildman–Crippen LogP) is 4.21. The van der Waals surface area contributed by atoms with Crippen LogP contribution in [0.15, 0.2) is 16.6 Å². The molecule has 3 nitrogen and oxygen atoms in total. The Morgan fingerprint density at radius 2 is 2.29 bits per heavy atom. The van der Waals surface area contributed by atoms with Gasteiger partial charge < -0.3 is 9.30 Å². The fourth-order valence-electron chi connectivity index (χ4n) is 3.65. The van der Waals surface area contributed by atoms with Gasteiger partial charge in [-0.15, -0.1) is 11.6 Å². The minimum absolute atomic E-state index is 0.255. The molecule has 2 saturated heterocycles. The maximum absolute atomic E-state index is 13.8. The van der Waals surface area contributed by atoms with Crippen LogP contribution in [-0.2, 0) is 11.2 Å². The van der Waals surface area contributed by atoms with E-state index >= 15 is 0 Å². The highest BCUT2D eigenvalue weighted by Gasteiger charge is 2.42. The second-order valence-electron chi connectivity index (χ2n) is 5.77. The summed E-state index contributed by atoms with van der Waals surface area (Å²) in [5.41, 5.74) is 1.66. The summed E-state index contributed by atoms with van der Waals surface area (Å²) in [6.45, 7) is 0. The summed E-state index contributed by atoms with van der Waals surface area (Å²) in [6, 6.07) is 3.60. The molecule has 21 heavy (non-hydrogen) atoms. The van der Waals surface area contributed by atoms with Gasteiger partial charge in [0.25, 0.3) is 0 Å². The quantitative estimate of drug-likeness (QED) is 0.754. The fourth-order valence-corrected chi connectivity index (χ4v) is 4.15. The van der Waals surface area contributed by atoms with E-state index in [1.807, 2.05) is 6.07 Å². The third-order valence-electron chi connectivity index (χ3n) is 4.53. The number of rotatable bonds is 3. The largest absolute Gasteiger partial charge is 0.373 e. The van der Waals surface area contributed by atoms with Gasteiger partial charge in [0, 0.05) is 18.4 Å². The molecule has 4 rings (SSSR count). The number of alkyl halides is 1. The molecule has 2 aliphatic heterocycles. The molecule has 0 radical (unpaired) electrons. The summed E-state index contributed by atoms with van der Waals surface area (Å²) in [4.78, 5) is 4.59. The minimum Gasteiger partial charge on any atom is -0.373 e. The number of fused-ring (bicyclic) bond motifs is 3. The van der Waals surface area contributed by atoms with Gasteiger partial charge in [-0.1, -0.05) is 0 Å². The summed E-state index contributed by atoms with van der Waals surface area (Å²) in [5, 5.41) is 0. The molecule has 0 saturated carbocycles. The lowest BCUT2D eigenvalue weighted by Gasteiger charge is -2.23. The zero-order valence-corrected chi connectivity index (χ0v) is 13.7. The first-order chi connectivity index (χ1) is 10.2. The SMILES string of the molecule is Fc1cc2nc(CCCl)n(C3CC4CCC3O4)c2cc1Br. The Balaban J connectivity index is 1.88. The van der Waals surface area contributed by atoms with E-state index < -0.39 is 0 Å². The summed E-state index contributed by atoms with van der Waals surface area (Å²) in [5.74, 6) is 1.15. The number of imidazole rings is 1. The molecular formula is C15H15BrClFN2O. The Labute approximate surface area is 135 Å². The summed E-state index contributed by atoms with van der Waals surface area (Å²) in [7, 11) is 0. The third-order valence-corrected chi connectivity index (χ3v) is 5.32. The van der Waals surface area contributed by atoms with Crippen LogP contribution >= 0.6 is 27.5 Å². The summed E-state index contributed by atoms with van der Waals surface area (Å²) in [6.07, 6.45) is 4.56. The molecule has 2 bridgehead atoms. The highest BCUT2D eigenvalue weighted by Crippen LogP contribution is 2.43. The van der Waals surface area contributed by atoms with Gasteiger partial charge in [0.05, 0.1) is 33.8 Å². The lowest BCUT2D eigenvalue weighted by molar-refractivity contribution is 0.0940. The Kier molecular flexibility index (Phi) is 3.47. The molecule has 6 heteroatoms. The van der Waals surface area contributed by atoms with Crippen LogP contribution in [0.5, 0.6) is 0 Å². The zero-order valence-electron chi connectivity index (χ0n) is 11.4. The van der Waals surface area contributed by atoms with Crippen molar-refractivity contribution < 1.29 is 9.13 Å². The van der Waals surface area contributed by atoms with E-state index in [1.165, 1.54) is 6.07 Å². The summed E-state index contributed by atoms with van der Waals surface area (Å²) >= 11 is 9.19. The van der Waals surface area contributed by atoms with Gasteiger partial charge in [0.2, 0.25) is 0 Å². The van der Waals surface area contributed by atoms with E-state index in [0.717, 1.165) is 30.6 Å². The first kappa shape index (κ1) is 14.0. The highest BCUT2D eigenvalue weighted by atomic mass is 79.9. The number of hydrogen-bond acceptors (Lipinski definition) is 2. The first-order valence-electron chi connectivity index (χ1n) is 7.24. The highest BCUT2D eigenvalue weighted by molar-refractivity contribution is 9.10. The van der Waals surface area contributed by atoms with Crippen molar-refractivity contribution in [3.05, 3.63) is 28.2 Å². The normalized spacial score (nSPS) is 27.9. The predicted molar refractivity (Wildman–Crippen MR) is 83.4 cm³/mol. The maximum Gasteiger partial charge on any atom is 0.139 e. The molecular weight excluding hydrogens is 359 g/mol. The molecule has 2 aliphatic rings. The number of nitrogens with zero attached hydrogens (tertiary/aromatic N) is 2. The van der Waals surface area contributed by atoms with Crippen LogP contribution in [-0.4, -0.2) is 27.6 Å². The molecule has 1 aromatic carbocycles. The molecule has 3 atom stereocenters. The van der Waals surface area contributed by atoms with Crippen molar-refractivity contribution in [1.29, 1.82) is 0 Å². The van der Waals surface area contributed by atoms with Crippen molar-refractivity contribution in [2.75, 3.05) is 5.88 Å². The van der Waals surface area contributed by atoms with Gasteiger partial charge >= 0.3 is 0 Å². The van der Waals surface area contributed by atoms with Crippen molar-refractivity contribution in [2.24, 2.45) is 0 Å². The van der Waals surface area contributed by atoms with Gasteiger partial charge in [0.15, 0.2) is 0 Å². The molecule has 0 amide bonds. The van der Waals surface area contributed by atoms with Gasteiger partial charge in [-0.2, -0.15) is 0 Å². The Morgan fingerprint density at radius 1 is 1.43 bits per heavy atom. The van der Waals surface area contributed by atoms with Gasteiger partial charge in [-0.3, -0.25) is 0 Å². The fraction of sp³-hybridized carbons (Fsp3) is 0.533. The number of aromatic nitrogens is 2. The lowest BCUT2D eigenvalue weighted by atomic mass is 9.95. The molecule has 2 aromatic rings. The molecule has 112 valence electrons. The van der Waals surface area contributed by atoms with E-state index in [2.05, 4.69) is 25.5 Å². The van der Waals surface area contributed by atoms with Gasteiger partial charge in [-0.25, -0.2) is 9.37 Å². The zero-order chi connectivity index (χ0) is 14.6. The molecule has 0 spiro atoms. The van der Waals surface area contributed by atoms with Crippen LogP contribution in [0.25, 0.3) is 11.0 Å². The van der Waals surface area contributed by atoms with Crippen molar-refractivity contribution in [2.45, 2.75) is 43.9 Å². The number of ether oxygens (including phenoxy) is 1. The van der Waals surface area contributed by atoms with Crippen LogP contribution in [0.1, 0.15) is 31.1 Å². The summed E-state index contributed by atoms with van der Waals surface area (Å²) < 4.78 is 22.4. The second kappa shape index (κ2) is 5.21. The van der Waals surface area contributed by atoms with Crippen LogP contribution < -0.4 is 0 Å². The van der Waals surface area contributed by atoms with E-state index in [-0.39, 0.29) is 11.9 Å². The number of halogens is 3. The van der Waals surface area contributed by atoms with Crippen LogP contribution in [0.2, 0.25) is 0 Å². The second-order valence-corrected chi connectivity index (χ2v) is 7.00. The van der Waals surface area contributed by atoms with Crippen molar-refractivity contribution in [1.82, 2.24) is 9.55 Å². The minimum atomic E-state index is -0.284. The maximum atomic E-state index is 13.8. The van der Waals surface area contributed by atoms with Crippen LogP contribution in [0, 0.1) is 5.82 Å². The number of aryl methyl sites for hydroxylation is 1. The van der Waals surface area contributed by atoms with Crippen LogP contribution in [0.3, 0.4) is 0 Å². The average Bonchev–Trinajstić information content (AvgIpc) is 3.13. The standard InChI is InChI=1S/C15H15BrClFN2O/c16-9-6-12-11(7-10(9)18)19-15(3-4-17)20(12)13-5-8-1-2-14(13)21-8/h6-8,13-14H,1-5H2. The molecule has 1 aromatic heterocycles. The molecule has 3 heterocycles. The molecule has 0 N–H and O–H groups in total. The van der Waals surface area contributed by atoms with Crippen molar-refractivity contribution in [3.8, 4) is 0 Å². The number of hydrogen-bond donors (Lipinski definition) is 0. The molecule has 2 fully saturated rings. The van der Waals surface area contributed by atoms with Crippen molar-refractivity contribution >= 4 is 38.6 Å². The Hall–Kier alpha value is -0.650. The lowest BCUT2D eigenvalue weighted by Crippen LogP contribution is -2.22. The monoisotopic (exact) mass is 372 g/mol.